The third-order valence-corrected chi connectivity index (χ3v) is 10.3. The van der Waals surface area contributed by atoms with E-state index in [9.17, 15) is 9.59 Å². The maximum Gasteiger partial charge on any atom is 0.270 e. The zero-order valence-electron chi connectivity index (χ0n) is 26.6. The van der Waals surface area contributed by atoms with Gasteiger partial charge in [-0.2, -0.15) is 0 Å². The van der Waals surface area contributed by atoms with E-state index in [4.69, 9.17) is 14.2 Å². The van der Waals surface area contributed by atoms with Gasteiger partial charge in [0.1, 0.15) is 0 Å². The molecule has 0 saturated heterocycles. The van der Waals surface area contributed by atoms with Crippen LogP contribution in [0.15, 0.2) is 120 Å². The topological polar surface area (TPSA) is 71.4 Å². The SMILES string of the molecule is CN(C)CCN(C)C.COC(=O)[C-]=C(C(=O)OC)c1ccccc1N=P(c1ccccc1)(c1ccccc1)c1ccccc1.[Pd]. The van der Waals surface area contributed by atoms with E-state index < -0.39 is 19.0 Å². The molecule has 0 saturated carbocycles. The summed E-state index contributed by atoms with van der Waals surface area (Å²) in [6.07, 6.45) is 2.51. The van der Waals surface area contributed by atoms with E-state index in [1.54, 1.807) is 12.1 Å². The second-order valence-electron chi connectivity index (χ2n) is 10.3. The second-order valence-corrected chi connectivity index (χ2v) is 13.4. The largest absolute Gasteiger partial charge is 0.523 e. The van der Waals surface area contributed by atoms with Gasteiger partial charge in [-0.05, 0) is 34.3 Å². The number of likely N-dealkylation sites (N-methyl/N-ethyl adjacent to an activating group) is 2. The average Bonchev–Trinajstić information content (AvgIpc) is 3.06. The maximum absolute atomic E-state index is 12.7. The quantitative estimate of drug-likeness (QED) is 0.0746. The van der Waals surface area contributed by atoms with E-state index in [1.165, 1.54) is 14.2 Å². The molecule has 9 heteroatoms. The van der Waals surface area contributed by atoms with E-state index in [2.05, 4.69) is 80.5 Å². The number of methoxy groups -OCH3 is 2. The van der Waals surface area contributed by atoms with Gasteiger partial charge in [-0.3, -0.25) is 9.54 Å². The van der Waals surface area contributed by atoms with E-state index in [0.717, 1.165) is 29.0 Å². The Morgan fingerprint density at radius 3 is 1.42 bits per heavy atom. The van der Waals surface area contributed by atoms with Crippen molar-refractivity contribution in [3.63, 3.8) is 0 Å². The van der Waals surface area contributed by atoms with Gasteiger partial charge in [-0.25, -0.2) is 0 Å². The van der Waals surface area contributed by atoms with E-state index in [-0.39, 0.29) is 26.0 Å². The van der Waals surface area contributed by atoms with Crippen LogP contribution >= 0.6 is 7.05 Å². The standard InChI is InChI=1S/C30H25NO4P.C6H16N2.Pd/c1-34-29(32)22-27(30(33)35-2)26-20-12-13-21-28(26)31-36(23-14-6-3-7-15-23,24-16-8-4-9-17-24)25-18-10-5-11-19-25;1-7(2)5-6-8(3)4;/h3-21H,1-2H3;5-6H2,1-4H3;/q-1;;. The summed E-state index contributed by atoms with van der Waals surface area (Å²) in [5.74, 6) is -1.48. The van der Waals surface area contributed by atoms with E-state index >= 15 is 0 Å². The minimum absolute atomic E-state index is 0. The summed E-state index contributed by atoms with van der Waals surface area (Å²) in [6, 6.07) is 37.6. The van der Waals surface area contributed by atoms with Crippen molar-refractivity contribution in [3.8, 4) is 0 Å². The molecule has 0 N–H and O–H groups in total. The molecule has 4 aromatic rings. The smallest absolute Gasteiger partial charge is 0.270 e. The van der Waals surface area contributed by atoms with Gasteiger partial charge in [0.25, 0.3) is 5.97 Å². The number of hydrogen-bond donors (Lipinski definition) is 0. The van der Waals surface area contributed by atoms with Crippen molar-refractivity contribution in [2.24, 2.45) is 4.74 Å². The summed E-state index contributed by atoms with van der Waals surface area (Å²) in [5, 5.41) is 3.16. The molecule has 0 unspecified atom stereocenters. The molecule has 0 amide bonds. The minimum atomic E-state index is -2.61. The van der Waals surface area contributed by atoms with Crippen molar-refractivity contribution in [1.82, 2.24) is 9.80 Å². The molecule has 0 aromatic heterocycles. The number of rotatable bonds is 10. The molecule has 0 aliphatic rings. The number of hydrogen-bond acceptors (Lipinski definition) is 7. The third kappa shape index (κ3) is 10.5. The van der Waals surface area contributed by atoms with Gasteiger partial charge < -0.3 is 24.1 Å². The number of benzene rings is 4. The fourth-order valence-electron chi connectivity index (χ4n) is 4.37. The predicted molar refractivity (Wildman–Crippen MR) is 181 cm³/mol. The van der Waals surface area contributed by atoms with Crippen molar-refractivity contribution in [3.05, 3.63) is 127 Å². The van der Waals surface area contributed by atoms with Gasteiger partial charge in [0, 0.05) is 55.1 Å². The predicted octanol–water partition coefficient (Wildman–Crippen LogP) is 5.14. The first kappa shape index (κ1) is 37.6. The summed E-state index contributed by atoms with van der Waals surface area (Å²) in [5.41, 5.74) is 0.928. The zero-order chi connectivity index (χ0) is 32.0. The summed E-state index contributed by atoms with van der Waals surface area (Å²) >= 11 is 0. The van der Waals surface area contributed by atoms with Crippen molar-refractivity contribution in [1.29, 1.82) is 0 Å². The Kier molecular flexibility index (Phi) is 15.9. The Balaban J connectivity index is 0.000000693. The Hall–Kier alpha value is -3.63. The van der Waals surface area contributed by atoms with Crippen LogP contribution in [0, 0.1) is 6.08 Å². The third-order valence-electron chi connectivity index (χ3n) is 6.62. The first-order chi connectivity index (χ1) is 21.2. The van der Waals surface area contributed by atoms with E-state index in [1.807, 2.05) is 66.7 Å². The number of nitrogens with zero attached hydrogens (tertiary/aromatic N) is 3. The average molecular weight is 717 g/mol. The molecule has 0 radical (unpaired) electrons. The number of esters is 2. The fraction of sp³-hybridized carbons (Fsp3) is 0.222. The molecule has 45 heavy (non-hydrogen) atoms. The van der Waals surface area contributed by atoms with Crippen LogP contribution in [0.4, 0.5) is 5.69 Å². The first-order valence-corrected chi connectivity index (χ1v) is 15.9. The normalized spacial score (nSPS) is 11.2. The van der Waals surface area contributed by atoms with Gasteiger partial charge in [0.05, 0.1) is 21.3 Å². The van der Waals surface area contributed by atoms with Gasteiger partial charge >= 0.3 is 0 Å². The van der Waals surface area contributed by atoms with Crippen LogP contribution in [-0.2, 0) is 39.5 Å². The Morgan fingerprint density at radius 1 is 0.644 bits per heavy atom. The Morgan fingerprint density at radius 2 is 1.04 bits per heavy atom. The zero-order valence-corrected chi connectivity index (χ0v) is 29.1. The Bertz CT molecular complexity index is 1470. The molecule has 0 aliphatic carbocycles. The molecular formula is C36H41N3O4PPd-. The molecule has 0 fully saturated rings. The number of carbonyl (C=O) groups is 2. The Labute approximate surface area is 281 Å². The van der Waals surface area contributed by atoms with Gasteiger partial charge in [-0.1, -0.05) is 120 Å². The van der Waals surface area contributed by atoms with Crippen LogP contribution < -0.4 is 15.9 Å². The summed E-state index contributed by atoms with van der Waals surface area (Å²) in [6.45, 7) is 2.29. The van der Waals surface area contributed by atoms with E-state index in [0.29, 0.717) is 11.3 Å². The molecule has 7 nitrogen and oxygen atoms in total. The van der Waals surface area contributed by atoms with Crippen LogP contribution in [-0.4, -0.2) is 77.2 Å². The van der Waals surface area contributed by atoms with Crippen LogP contribution in [0.1, 0.15) is 5.56 Å². The fourth-order valence-corrected chi connectivity index (χ4v) is 7.92. The maximum atomic E-state index is 12.7. The van der Waals surface area contributed by atoms with Crippen molar-refractivity contribution in [2.45, 2.75) is 0 Å². The molecule has 0 aliphatic heterocycles. The number of carbonyl (C=O) groups excluding carboxylic acids is 2. The van der Waals surface area contributed by atoms with Crippen LogP contribution in [0.25, 0.3) is 5.57 Å². The van der Waals surface area contributed by atoms with Gasteiger partial charge in [0.15, 0.2) is 0 Å². The first-order valence-electron chi connectivity index (χ1n) is 14.2. The molecular weight excluding hydrogens is 676 g/mol. The molecule has 0 heterocycles. The number of ether oxygens (including phenoxy) is 2. The molecule has 0 atom stereocenters. The van der Waals surface area contributed by atoms with Gasteiger partial charge in [0.2, 0.25) is 5.97 Å². The molecule has 240 valence electrons. The molecule has 0 bridgehead atoms. The van der Waals surface area contributed by atoms with Crippen molar-refractivity contribution in [2.75, 3.05) is 55.5 Å². The molecule has 4 aromatic carbocycles. The van der Waals surface area contributed by atoms with Crippen LogP contribution in [0.2, 0.25) is 0 Å². The minimum Gasteiger partial charge on any atom is -0.523 e. The van der Waals surface area contributed by atoms with Crippen LogP contribution in [0.5, 0.6) is 0 Å². The summed E-state index contributed by atoms with van der Waals surface area (Å²) < 4.78 is 15.2. The van der Waals surface area contributed by atoms with Crippen molar-refractivity contribution >= 4 is 46.2 Å². The monoisotopic (exact) mass is 716 g/mol. The molecule has 4 rings (SSSR count). The van der Waals surface area contributed by atoms with Crippen molar-refractivity contribution < 1.29 is 39.5 Å². The molecule has 0 spiro atoms. The summed E-state index contributed by atoms with van der Waals surface area (Å²) in [4.78, 5) is 29.2. The van der Waals surface area contributed by atoms with Crippen LogP contribution in [0.3, 0.4) is 0 Å². The summed E-state index contributed by atoms with van der Waals surface area (Å²) in [7, 11) is 8.23. The van der Waals surface area contributed by atoms with Gasteiger partial charge in [-0.15, -0.1) is 6.07 Å². The second kappa shape index (κ2) is 19.0.